The van der Waals surface area contributed by atoms with E-state index in [0.717, 1.165) is 10.6 Å². The Hall–Kier alpha value is -0.940. The Kier molecular flexibility index (Phi) is 2.26. The monoisotopic (exact) mass is 251 g/mol. The average molecular weight is 251 g/mol. The highest BCUT2D eigenvalue weighted by atomic mass is 32.1. The van der Waals surface area contributed by atoms with Gasteiger partial charge in [0.2, 0.25) is 0 Å². The first-order valence-corrected chi connectivity index (χ1v) is 6.71. The molecule has 1 saturated carbocycles. The van der Waals surface area contributed by atoms with Crippen LogP contribution in [0.4, 0.5) is 0 Å². The van der Waals surface area contributed by atoms with Crippen LogP contribution < -0.4 is 0 Å². The third kappa shape index (κ3) is 1.38. The maximum absolute atomic E-state index is 5.34. The minimum Gasteiger partial charge on any atom is -0.294 e. The molecule has 0 radical (unpaired) electrons. The van der Waals surface area contributed by atoms with Gasteiger partial charge < -0.3 is 0 Å². The highest BCUT2D eigenvalue weighted by Crippen LogP contribution is 2.41. The van der Waals surface area contributed by atoms with Crippen molar-refractivity contribution in [3.05, 3.63) is 22.3 Å². The Morgan fingerprint density at radius 2 is 2.38 bits per heavy atom. The van der Waals surface area contributed by atoms with E-state index in [0.29, 0.717) is 0 Å². The van der Waals surface area contributed by atoms with Crippen LogP contribution in [0.15, 0.2) is 17.5 Å². The van der Waals surface area contributed by atoms with Gasteiger partial charge in [0.05, 0.1) is 4.88 Å². The second-order valence-corrected chi connectivity index (χ2v) is 5.85. The lowest BCUT2D eigenvalue weighted by Gasteiger charge is -2.40. The molecule has 0 unspecified atom stereocenters. The van der Waals surface area contributed by atoms with Crippen molar-refractivity contribution in [1.29, 1.82) is 0 Å². The largest absolute Gasteiger partial charge is 0.294 e. The van der Waals surface area contributed by atoms with Crippen molar-refractivity contribution in [2.24, 2.45) is 0 Å². The number of aromatic nitrogens is 3. The zero-order valence-electron chi connectivity index (χ0n) is 9.06. The summed E-state index contributed by atoms with van der Waals surface area (Å²) in [5.74, 6) is 0.988. The van der Waals surface area contributed by atoms with Crippen molar-refractivity contribution in [2.45, 2.75) is 31.7 Å². The summed E-state index contributed by atoms with van der Waals surface area (Å²) in [5, 5.41) is 9.35. The standard InChI is InChI=1S/C11H13N3S2/c1-11(5-3-6-11)14-9(12-13-10(14)15)8-4-2-7-16-8/h2,4,7H,3,5-6H2,1H3,(H,13,15). The molecule has 1 aliphatic carbocycles. The van der Waals surface area contributed by atoms with Crippen molar-refractivity contribution in [3.8, 4) is 10.7 Å². The van der Waals surface area contributed by atoms with Gasteiger partial charge in [-0.3, -0.25) is 9.67 Å². The zero-order valence-corrected chi connectivity index (χ0v) is 10.7. The second kappa shape index (κ2) is 3.53. The number of thiophene rings is 1. The van der Waals surface area contributed by atoms with E-state index < -0.39 is 0 Å². The van der Waals surface area contributed by atoms with Crippen LogP contribution in [0.1, 0.15) is 26.2 Å². The van der Waals surface area contributed by atoms with Crippen molar-refractivity contribution in [1.82, 2.24) is 14.8 Å². The predicted octanol–water partition coefficient (Wildman–Crippen LogP) is 3.57. The van der Waals surface area contributed by atoms with Gasteiger partial charge in [-0.2, -0.15) is 5.10 Å². The van der Waals surface area contributed by atoms with Gasteiger partial charge in [0.1, 0.15) is 0 Å². The quantitative estimate of drug-likeness (QED) is 0.828. The summed E-state index contributed by atoms with van der Waals surface area (Å²) in [6.45, 7) is 2.26. The molecule has 2 aromatic rings. The zero-order chi connectivity index (χ0) is 11.2. The minimum atomic E-state index is 0.170. The summed E-state index contributed by atoms with van der Waals surface area (Å²) in [6.07, 6.45) is 3.67. The van der Waals surface area contributed by atoms with Crippen molar-refractivity contribution < 1.29 is 0 Å². The Balaban J connectivity index is 2.17. The number of aromatic amines is 1. The van der Waals surface area contributed by atoms with E-state index >= 15 is 0 Å². The number of rotatable bonds is 2. The SMILES string of the molecule is CC1(n2c(-c3cccs3)n[nH]c2=S)CCC1. The lowest BCUT2D eigenvalue weighted by atomic mass is 9.78. The fourth-order valence-corrected chi connectivity index (χ4v) is 3.34. The molecule has 3 nitrogen and oxygen atoms in total. The fourth-order valence-electron chi connectivity index (χ4n) is 2.28. The van der Waals surface area contributed by atoms with Crippen LogP contribution in [0.3, 0.4) is 0 Å². The van der Waals surface area contributed by atoms with E-state index in [-0.39, 0.29) is 5.54 Å². The lowest BCUT2D eigenvalue weighted by molar-refractivity contribution is 0.168. The van der Waals surface area contributed by atoms with E-state index in [1.807, 2.05) is 6.07 Å². The van der Waals surface area contributed by atoms with E-state index in [2.05, 4.69) is 33.1 Å². The van der Waals surface area contributed by atoms with E-state index in [9.17, 15) is 0 Å². The van der Waals surface area contributed by atoms with Gasteiger partial charge in [0.25, 0.3) is 0 Å². The maximum Gasteiger partial charge on any atom is 0.195 e. The Morgan fingerprint density at radius 3 is 2.94 bits per heavy atom. The third-order valence-corrected chi connectivity index (χ3v) is 4.52. The number of H-pyrrole nitrogens is 1. The second-order valence-electron chi connectivity index (χ2n) is 4.52. The summed E-state index contributed by atoms with van der Waals surface area (Å²) in [7, 11) is 0. The number of nitrogens with one attached hydrogen (secondary N) is 1. The molecule has 0 amide bonds. The number of hydrogen-bond donors (Lipinski definition) is 1. The molecule has 3 rings (SSSR count). The highest BCUT2D eigenvalue weighted by molar-refractivity contribution is 7.71. The maximum atomic E-state index is 5.34. The smallest absolute Gasteiger partial charge is 0.195 e. The minimum absolute atomic E-state index is 0.170. The summed E-state index contributed by atoms with van der Waals surface area (Å²) in [5.41, 5.74) is 0.170. The van der Waals surface area contributed by atoms with Gasteiger partial charge in [-0.05, 0) is 49.9 Å². The molecule has 0 atom stereocenters. The van der Waals surface area contributed by atoms with Gasteiger partial charge in [-0.1, -0.05) is 6.07 Å². The number of nitrogens with zero attached hydrogens (tertiary/aromatic N) is 2. The van der Waals surface area contributed by atoms with E-state index in [1.54, 1.807) is 11.3 Å². The molecular weight excluding hydrogens is 238 g/mol. The summed E-state index contributed by atoms with van der Waals surface area (Å²) >= 11 is 7.05. The van der Waals surface area contributed by atoms with Crippen molar-refractivity contribution in [2.75, 3.05) is 0 Å². The first kappa shape index (κ1) is 10.2. The molecule has 2 aromatic heterocycles. The highest BCUT2D eigenvalue weighted by Gasteiger charge is 2.36. The molecule has 0 aliphatic heterocycles. The molecule has 1 fully saturated rings. The molecule has 84 valence electrons. The normalized spacial score (nSPS) is 18.3. The lowest BCUT2D eigenvalue weighted by Crippen LogP contribution is -2.37. The van der Waals surface area contributed by atoms with Crippen LogP contribution in [0.5, 0.6) is 0 Å². The summed E-state index contributed by atoms with van der Waals surface area (Å²) in [6, 6.07) is 4.14. The fraction of sp³-hybridized carbons (Fsp3) is 0.455. The molecule has 1 aliphatic rings. The van der Waals surface area contributed by atoms with Gasteiger partial charge in [0, 0.05) is 5.54 Å². The van der Waals surface area contributed by atoms with Gasteiger partial charge in [0.15, 0.2) is 10.6 Å². The van der Waals surface area contributed by atoms with Crippen LogP contribution in [-0.4, -0.2) is 14.8 Å². The molecule has 2 heterocycles. The van der Waals surface area contributed by atoms with Crippen molar-refractivity contribution in [3.63, 3.8) is 0 Å². The van der Waals surface area contributed by atoms with Crippen LogP contribution in [0.2, 0.25) is 0 Å². The van der Waals surface area contributed by atoms with E-state index in [1.165, 1.54) is 24.1 Å². The van der Waals surface area contributed by atoms with Crippen LogP contribution >= 0.6 is 23.6 Å². The molecule has 0 spiro atoms. The molecule has 0 bridgehead atoms. The third-order valence-electron chi connectivity index (χ3n) is 3.38. The van der Waals surface area contributed by atoms with Crippen molar-refractivity contribution >= 4 is 23.6 Å². The first-order valence-electron chi connectivity index (χ1n) is 5.42. The van der Waals surface area contributed by atoms with Gasteiger partial charge in [-0.25, -0.2) is 0 Å². The molecule has 5 heteroatoms. The predicted molar refractivity (Wildman–Crippen MR) is 68.2 cm³/mol. The van der Waals surface area contributed by atoms with Crippen LogP contribution in [0.25, 0.3) is 10.7 Å². The topological polar surface area (TPSA) is 33.6 Å². The van der Waals surface area contributed by atoms with Gasteiger partial charge >= 0.3 is 0 Å². The molecule has 0 aromatic carbocycles. The molecule has 16 heavy (non-hydrogen) atoms. The Labute approximate surface area is 103 Å². The summed E-state index contributed by atoms with van der Waals surface area (Å²) < 4.78 is 2.93. The molecule has 1 N–H and O–H groups in total. The van der Waals surface area contributed by atoms with Crippen LogP contribution in [0, 0.1) is 4.77 Å². The average Bonchev–Trinajstić information content (AvgIpc) is 2.82. The van der Waals surface area contributed by atoms with Gasteiger partial charge in [-0.15, -0.1) is 11.3 Å². The Bertz CT molecular complexity index is 546. The number of hydrogen-bond acceptors (Lipinski definition) is 3. The summed E-state index contributed by atoms with van der Waals surface area (Å²) in [4.78, 5) is 1.18. The van der Waals surface area contributed by atoms with Crippen LogP contribution in [-0.2, 0) is 5.54 Å². The van der Waals surface area contributed by atoms with E-state index in [4.69, 9.17) is 12.2 Å². The molecule has 0 saturated heterocycles. The molecular formula is C11H13N3S2. The first-order chi connectivity index (χ1) is 7.71. The Morgan fingerprint density at radius 1 is 1.56 bits per heavy atom.